The van der Waals surface area contributed by atoms with Crippen LogP contribution in [0.2, 0.25) is 0 Å². The number of aromatic nitrogens is 4. The van der Waals surface area contributed by atoms with Crippen molar-refractivity contribution >= 4 is 76.5 Å². The van der Waals surface area contributed by atoms with E-state index in [1.165, 1.54) is 5.39 Å². The Morgan fingerprint density at radius 3 is 1.77 bits per heavy atom. The predicted octanol–water partition coefficient (Wildman–Crippen LogP) is 14.6. The molecule has 61 heavy (non-hydrogen) atoms. The summed E-state index contributed by atoms with van der Waals surface area (Å²) >= 11 is 0. The van der Waals surface area contributed by atoms with Gasteiger partial charge in [0, 0.05) is 49.0 Å². The average molecular weight is 781 g/mol. The van der Waals surface area contributed by atoms with Gasteiger partial charge in [-0.15, -0.1) is 0 Å². The molecule has 6 nitrogen and oxygen atoms in total. The zero-order valence-electron chi connectivity index (χ0n) is 32.6. The van der Waals surface area contributed by atoms with Crippen LogP contribution < -0.4 is 0 Å². The van der Waals surface area contributed by atoms with Gasteiger partial charge in [0.15, 0.2) is 23.1 Å². The van der Waals surface area contributed by atoms with Gasteiger partial charge in [-0.1, -0.05) is 146 Å². The van der Waals surface area contributed by atoms with Gasteiger partial charge in [0.25, 0.3) is 0 Å². The highest BCUT2D eigenvalue weighted by molar-refractivity contribution is 6.17. The summed E-state index contributed by atoms with van der Waals surface area (Å²) in [5.74, 6) is 1.64. The van der Waals surface area contributed by atoms with Crippen LogP contribution in [0.1, 0.15) is 0 Å². The molecule has 13 aromatic rings. The van der Waals surface area contributed by atoms with E-state index >= 15 is 0 Å². The molecule has 0 aliphatic heterocycles. The van der Waals surface area contributed by atoms with Gasteiger partial charge < -0.3 is 13.4 Å². The molecule has 4 aromatic heterocycles. The first-order valence-corrected chi connectivity index (χ1v) is 20.4. The Kier molecular flexibility index (Phi) is 7.21. The van der Waals surface area contributed by atoms with E-state index in [1.54, 1.807) is 0 Å². The van der Waals surface area contributed by atoms with Gasteiger partial charge in [-0.2, -0.15) is 0 Å². The molecule has 0 atom stereocenters. The Morgan fingerprint density at radius 2 is 0.951 bits per heavy atom. The van der Waals surface area contributed by atoms with E-state index in [2.05, 4.69) is 150 Å². The molecule has 0 aliphatic rings. The largest absolute Gasteiger partial charge is 0.456 e. The van der Waals surface area contributed by atoms with Gasteiger partial charge in [0.2, 0.25) is 0 Å². The summed E-state index contributed by atoms with van der Waals surface area (Å²) in [5, 5.41) is 8.67. The lowest BCUT2D eigenvalue weighted by molar-refractivity contribution is 0.666. The molecule has 0 fully saturated rings. The van der Waals surface area contributed by atoms with Crippen molar-refractivity contribution in [3.05, 3.63) is 194 Å². The van der Waals surface area contributed by atoms with Gasteiger partial charge in [-0.05, 0) is 70.4 Å². The van der Waals surface area contributed by atoms with Gasteiger partial charge >= 0.3 is 0 Å². The molecule has 0 bridgehead atoms. The molecular formula is C55H32N4O2. The lowest BCUT2D eigenvalue weighted by Gasteiger charge is -2.15. The van der Waals surface area contributed by atoms with Crippen molar-refractivity contribution in [3.63, 3.8) is 0 Å². The molecule has 13 rings (SSSR count). The van der Waals surface area contributed by atoms with Crippen molar-refractivity contribution in [3.8, 4) is 51.0 Å². The van der Waals surface area contributed by atoms with E-state index in [9.17, 15) is 0 Å². The van der Waals surface area contributed by atoms with E-state index in [4.69, 9.17) is 23.8 Å². The van der Waals surface area contributed by atoms with Crippen LogP contribution in [0.15, 0.2) is 203 Å². The lowest BCUT2D eigenvalue weighted by atomic mass is 10.0. The molecule has 0 unspecified atom stereocenters. The molecule has 0 aliphatic carbocycles. The first-order valence-electron chi connectivity index (χ1n) is 20.4. The minimum atomic E-state index is 0.529. The molecule has 0 radical (unpaired) electrons. The molecular weight excluding hydrogens is 749 g/mol. The minimum absolute atomic E-state index is 0.529. The van der Waals surface area contributed by atoms with Crippen molar-refractivity contribution in [2.45, 2.75) is 0 Å². The van der Waals surface area contributed by atoms with Gasteiger partial charge in [-0.25, -0.2) is 15.0 Å². The molecule has 0 spiro atoms. The molecule has 4 heterocycles. The van der Waals surface area contributed by atoms with Crippen molar-refractivity contribution < 1.29 is 8.83 Å². The van der Waals surface area contributed by atoms with Crippen LogP contribution in [0, 0.1) is 0 Å². The third-order valence-corrected chi connectivity index (χ3v) is 12.1. The van der Waals surface area contributed by atoms with Crippen LogP contribution in [0.4, 0.5) is 0 Å². The quantitative estimate of drug-likeness (QED) is 0.174. The molecule has 0 N–H and O–H groups in total. The maximum atomic E-state index is 6.93. The van der Waals surface area contributed by atoms with Gasteiger partial charge in [0.1, 0.15) is 22.4 Å². The highest BCUT2D eigenvalue weighted by Gasteiger charge is 2.25. The standard InChI is InChI=1S/C55H32N4O2/c1-2-13-33(14-3-1)34-25-27-35(28-26-34)53-56-54(42-20-12-24-49-50(42)41-19-8-11-23-48(41)60-49)58-55(57-53)43-30-29-40-39-18-7-10-22-47(39)61-52(40)51(43)59-45-21-9-6-17-38(45)44-31-36-15-4-5-16-37(36)32-46(44)59/h1-32H. The van der Waals surface area contributed by atoms with Crippen LogP contribution in [0.3, 0.4) is 0 Å². The second kappa shape index (κ2) is 13.1. The Labute approximate surface area is 348 Å². The normalized spacial score (nSPS) is 11.9. The third kappa shape index (κ3) is 5.19. The van der Waals surface area contributed by atoms with Gasteiger partial charge in [-0.3, -0.25) is 0 Å². The number of benzene rings is 9. The predicted molar refractivity (Wildman–Crippen MR) is 248 cm³/mol. The summed E-state index contributed by atoms with van der Waals surface area (Å²) in [6.07, 6.45) is 0. The fraction of sp³-hybridized carbons (Fsp3) is 0. The van der Waals surface area contributed by atoms with Gasteiger partial charge in [0.05, 0.1) is 11.0 Å². The highest BCUT2D eigenvalue weighted by atomic mass is 16.3. The number of hydrogen-bond donors (Lipinski definition) is 0. The summed E-state index contributed by atoms with van der Waals surface area (Å²) in [5.41, 5.74) is 11.0. The first-order chi connectivity index (χ1) is 30.2. The number of furan rings is 2. The second-order valence-electron chi connectivity index (χ2n) is 15.5. The summed E-state index contributed by atoms with van der Waals surface area (Å²) in [6.45, 7) is 0. The first kappa shape index (κ1) is 33.6. The fourth-order valence-corrected chi connectivity index (χ4v) is 9.22. The van der Waals surface area contributed by atoms with E-state index in [1.807, 2.05) is 48.5 Å². The topological polar surface area (TPSA) is 69.9 Å². The fourth-order valence-electron chi connectivity index (χ4n) is 9.22. The monoisotopic (exact) mass is 780 g/mol. The molecule has 9 aromatic carbocycles. The molecule has 0 amide bonds. The summed E-state index contributed by atoms with van der Waals surface area (Å²) in [7, 11) is 0. The molecule has 6 heteroatoms. The minimum Gasteiger partial charge on any atom is -0.456 e. The van der Waals surface area contributed by atoms with Crippen molar-refractivity contribution in [2.24, 2.45) is 0 Å². The Bertz CT molecular complexity index is 3880. The Balaban J connectivity index is 1.14. The SMILES string of the molecule is c1ccc(-c2ccc(-c3nc(-c4ccc5c(oc6ccccc65)c4-n4c5ccccc5c5cc6ccccc6cc54)nc(-c4cccc5oc6ccccc6c45)n3)cc2)cc1. The molecule has 0 saturated heterocycles. The highest BCUT2D eigenvalue weighted by Crippen LogP contribution is 2.44. The van der Waals surface area contributed by atoms with E-state index < -0.39 is 0 Å². The Morgan fingerprint density at radius 1 is 0.344 bits per heavy atom. The number of rotatable bonds is 5. The zero-order chi connectivity index (χ0) is 40.0. The summed E-state index contributed by atoms with van der Waals surface area (Å²) < 4.78 is 15.6. The maximum absolute atomic E-state index is 6.93. The second-order valence-corrected chi connectivity index (χ2v) is 15.5. The number of nitrogens with zero attached hydrogens (tertiary/aromatic N) is 4. The van der Waals surface area contributed by atoms with Crippen LogP contribution in [-0.2, 0) is 0 Å². The van der Waals surface area contributed by atoms with Crippen LogP contribution >= 0.6 is 0 Å². The summed E-state index contributed by atoms with van der Waals surface area (Å²) in [4.78, 5) is 16.1. The van der Waals surface area contributed by atoms with Crippen LogP contribution in [0.5, 0.6) is 0 Å². The van der Waals surface area contributed by atoms with Crippen LogP contribution in [-0.4, -0.2) is 19.5 Å². The smallest absolute Gasteiger partial charge is 0.166 e. The average Bonchev–Trinajstić information content (AvgIpc) is 4.00. The maximum Gasteiger partial charge on any atom is 0.166 e. The van der Waals surface area contributed by atoms with Crippen molar-refractivity contribution in [1.29, 1.82) is 0 Å². The number of fused-ring (bicyclic) bond motifs is 10. The van der Waals surface area contributed by atoms with E-state index in [0.29, 0.717) is 17.5 Å². The summed E-state index contributed by atoms with van der Waals surface area (Å²) in [6, 6.07) is 67.3. The number of para-hydroxylation sites is 3. The van der Waals surface area contributed by atoms with E-state index in [-0.39, 0.29) is 0 Å². The van der Waals surface area contributed by atoms with Crippen molar-refractivity contribution in [1.82, 2.24) is 19.5 Å². The molecule has 0 saturated carbocycles. The lowest BCUT2D eigenvalue weighted by Crippen LogP contribution is -2.04. The zero-order valence-corrected chi connectivity index (χ0v) is 32.6. The Hall–Kier alpha value is -8.35. The number of hydrogen-bond acceptors (Lipinski definition) is 5. The third-order valence-electron chi connectivity index (χ3n) is 12.1. The molecule has 284 valence electrons. The van der Waals surface area contributed by atoms with Crippen molar-refractivity contribution in [2.75, 3.05) is 0 Å². The van der Waals surface area contributed by atoms with Crippen LogP contribution in [0.25, 0.3) is 127 Å². The van der Waals surface area contributed by atoms with E-state index in [0.717, 1.165) is 105 Å².